The van der Waals surface area contributed by atoms with E-state index in [0.717, 1.165) is 25.9 Å². The second-order valence-electron chi connectivity index (χ2n) is 5.90. The molecule has 0 bridgehead atoms. The van der Waals surface area contributed by atoms with E-state index >= 15 is 0 Å². The predicted molar refractivity (Wildman–Crippen MR) is 77.8 cm³/mol. The summed E-state index contributed by atoms with van der Waals surface area (Å²) >= 11 is 0. The minimum Gasteiger partial charge on any atom is -0.353 e. The molecule has 1 amide bonds. The van der Waals surface area contributed by atoms with Crippen LogP contribution in [0.15, 0.2) is 0 Å². The standard InChI is InChI=1S/C13H25N3O3S/c1-20(18,19)16-8-4-12(5-9-16)15-13(17)10-11-2-6-14-7-3-11/h11-12,14H,2-10H2,1H3,(H,15,17). The molecule has 0 aliphatic carbocycles. The zero-order chi connectivity index (χ0) is 14.6. The first-order valence-corrected chi connectivity index (χ1v) is 9.25. The number of carbonyl (C=O) groups is 1. The van der Waals surface area contributed by atoms with Gasteiger partial charge in [-0.15, -0.1) is 0 Å². The SMILES string of the molecule is CS(=O)(=O)N1CCC(NC(=O)CC2CCNCC2)CC1. The second kappa shape index (κ2) is 6.87. The van der Waals surface area contributed by atoms with Crippen molar-refractivity contribution >= 4 is 15.9 Å². The van der Waals surface area contributed by atoms with Gasteiger partial charge in [-0.05, 0) is 44.7 Å². The molecule has 2 heterocycles. The van der Waals surface area contributed by atoms with Crippen molar-refractivity contribution in [3.05, 3.63) is 0 Å². The Morgan fingerprint density at radius 2 is 1.80 bits per heavy atom. The van der Waals surface area contributed by atoms with E-state index in [0.29, 0.717) is 38.3 Å². The molecule has 0 unspecified atom stereocenters. The van der Waals surface area contributed by atoms with Gasteiger partial charge < -0.3 is 10.6 Å². The third kappa shape index (κ3) is 4.71. The van der Waals surface area contributed by atoms with Gasteiger partial charge in [0.05, 0.1) is 6.26 Å². The average Bonchev–Trinajstić information content (AvgIpc) is 2.39. The number of nitrogens with one attached hydrogen (secondary N) is 2. The van der Waals surface area contributed by atoms with Crippen LogP contribution in [0, 0.1) is 5.92 Å². The quantitative estimate of drug-likeness (QED) is 0.761. The van der Waals surface area contributed by atoms with Gasteiger partial charge in [0.15, 0.2) is 0 Å². The Balaban J connectivity index is 1.70. The molecule has 2 rings (SSSR count). The van der Waals surface area contributed by atoms with Gasteiger partial charge in [-0.1, -0.05) is 0 Å². The van der Waals surface area contributed by atoms with Crippen molar-refractivity contribution in [1.29, 1.82) is 0 Å². The fourth-order valence-electron chi connectivity index (χ4n) is 2.97. The van der Waals surface area contributed by atoms with Crippen molar-refractivity contribution in [2.24, 2.45) is 5.92 Å². The highest BCUT2D eigenvalue weighted by molar-refractivity contribution is 7.88. The van der Waals surface area contributed by atoms with Crippen LogP contribution in [0.3, 0.4) is 0 Å². The lowest BCUT2D eigenvalue weighted by molar-refractivity contribution is -0.123. The minimum absolute atomic E-state index is 0.120. The maximum absolute atomic E-state index is 12.0. The van der Waals surface area contributed by atoms with E-state index in [-0.39, 0.29) is 11.9 Å². The van der Waals surface area contributed by atoms with Crippen LogP contribution >= 0.6 is 0 Å². The molecule has 0 saturated carbocycles. The van der Waals surface area contributed by atoms with E-state index in [1.807, 2.05) is 0 Å². The maximum Gasteiger partial charge on any atom is 0.220 e. The molecule has 2 saturated heterocycles. The van der Waals surface area contributed by atoms with Crippen LogP contribution in [0.5, 0.6) is 0 Å². The summed E-state index contributed by atoms with van der Waals surface area (Å²) in [4.78, 5) is 12.0. The lowest BCUT2D eigenvalue weighted by Crippen LogP contribution is -2.46. The topological polar surface area (TPSA) is 78.5 Å². The van der Waals surface area contributed by atoms with Crippen LogP contribution < -0.4 is 10.6 Å². The number of hydrogen-bond donors (Lipinski definition) is 2. The molecule has 116 valence electrons. The number of carbonyl (C=O) groups excluding carboxylic acids is 1. The van der Waals surface area contributed by atoms with Gasteiger partial charge in [0, 0.05) is 25.6 Å². The van der Waals surface area contributed by atoms with E-state index in [1.165, 1.54) is 10.6 Å². The van der Waals surface area contributed by atoms with Crippen LogP contribution in [-0.2, 0) is 14.8 Å². The van der Waals surface area contributed by atoms with Crippen molar-refractivity contribution in [1.82, 2.24) is 14.9 Å². The molecule has 0 atom stereocenters. The number of hydrogen-bond acceptors (Lipinski definition) is 4. The highest BCUT2D eigenvalue weighted by atomic mass is 32.2. The summed E-state index contributed by atoms with van der Waals surface area (Å²) in [6.45, 7) is 3.03. The monoisotopic (exact) mass is 303 g/mol. The zero-order valence-electron chi connectivity index (χ0n) is 12.1. The summed E-state index contributed by atoms with van der Waals surface area (Å²) in [6.07, 6.45) is 5.41. The molecular weight excluding hydrogens is 278 g/mol. The smallest absolute Gasteiger partial charge is 0.220 e. The van der Waals surface area contributed by atoms with E-state index in [9.17, 15) is 13.2 Å². The molecule has 0 radical (unpaired) electrons. The summed E-state index contributed by atoms with van der Waals surface area (Å²) < 4.78 is 24.3. The van der Waals surface area contributed by atoms with Gasteiger partial charge >= 0.3 is 0 Å². The van der Waals surface area contributed by atoms with E-state index in [2.05, 4.69) is 10.6 Å². The molecular formula is C13H25N3O3S. The lowest BCUT2D eigenvalue weighted by atomic mass is 9.94. The molecule has 2 aliphatic heterocycles. The molecule has 0 aromatic rings. The normalized spacial score (nSPS) is 23.6. The van der Waals surface area contributed by atoms with Gasteiger partial charge in [0.25, 0.3) is 0 Å². The van der Waals surface area contributed by atoms with Crippen molar-refractivity contribution in [2.75, 3.05) is 32.4 Å². The Morgan fingerprint density at radius 1 is 1.20 bits per heavy atom. The molecule has 0 aromatic carbocycles. The number of piperidine rings is 2. The third-order valence-corrected chi connectivity index (χ3v) is 5.52. The van der Waals surface area contributed by atoms with Crippen molar-refractivity contribution in [2.45, 2.75) is 38.1 Å². The van der Waals surface area contributed by atoms with E-state index in [4.69, 9.17) is 0 Å². The Morgan fingerprint density at radius 3 is 2.35 bits per heavy atom. The van der Waals surface area contributed by atoms with Crippen molar-refractivity contribution in [3.8, 4) is 0 Å². The molecule has 7 heteroatoms. The molecule has 0 aromatic heterocycles. The first kappa shape index (κ1) is 15.7. The number of nitrogens with zero attached hydrogens (tertiary/aromatic N) is 1. The first-order chi connectivity index (χ1) is 9.45. The summed E-state index contributed by atoms with van der Waals surface area (Å²) in [5.74, 6) is 0.613. The molecule has 20 heavy (non-hydrogen) atoms. The highest BCUT2D eigenvalue weighted by Gasteiger charge is 2.26. The van der Waals surface area contributed by atoms with Gasteiger partial charge in [0.1, 0.15) is 0 Å². The van der Waals surface area contributed by atoms with Crippen molar-refractivity contribution in [3.63, 3.8) is 0 Å². The zero-order valence-corrected chi connectivity index (χ0v) is 12.9. The van der Waals surface area contributed by atoms with Crippen LogP contribution in [-0.4, -0.2) is 57.1 Å². The summed E-state index contributed by atoms with van der Waals surface area (Å²) in [7, 11) is -3.09. The van der Waals surface area contributed by atoms with Crippen LogP contribution in [0.25, 0.3) is 0 Å². The fraction of sp³-hybridized carbons (Fsp3) is 0.923. The number of rotatable bonds is 4. The van der Waals surface area contributed by atoms with Gasteiger partial charge in [0.2, 0.25) is 15.9 Å². The first-order valence-electron chi connectivity index (χ1n) is 7.40. The van der Waals surface area contributed by atoms with Crippen LogP contribution in [0.2, 0.25) is 0 Å². The van der Waals surface area contributed by atoms with Gasteiger partial charge in [-0.25, -0.2) is 12.7 Å². The van der Waals surface area contributed by atoms with Gasteiger partial charge in [-0.2, -0.15) is 0 Å². The van der Waals surface area contributed by atoms with Crippen LogP contribution in [0.1, 0.15) is 32.1 Å². The highest BCUT2D eigenvalue weighted by Crippen LogP contribution is 2.17. The largest absolute Gasteiger partial charge is 0.353 e. The summed E-state index contributed by atoms with van der Waals surface area (Å²) in [6, 6.07) is 0.127. The predicted octanol–water partition coefficient (Wildman–Crippen LogP) is -0.0837. The Labute approximate surface area is 121 Å². The minimum atomic E-state index is -3.09. The third-order valence-electron chi connectivity index (χ3n) is 4.22. The van der Waals surface area contributed by atoms with Crippen molar-refractivity contribution < 1.29 is 13.2 Å². The Bertz CT molecular complexity index is 424. The number of sulfonamides is 1. The maximum atomic E-state index is 12.0. The summed E-state index contributed by atoms with van der Waals surface area (Å²) in [5, 5.41) is 6.35. The molecule has 6 nitrogen and oxygen atoms in total. The molecule has 2 N–H and O–H groups in total. The average molecular weight is 303 g/mol. The Hall–Kier alpha value is -0.660. The molecule has 2 fully saturated rings. The van der Waals surface area contributed by atoms with E-state index in [1.54, 1.807) is 0 Å². The van der Waals surface area contributed by atoms with Gasteiger partial charge in [-0.3, -0.25) is 4.79 Å². The second-order valence-corrected chi connectivity index (χ2v) is 7.88. The number of amides is 1. The van der Waals surface area contributed by atoms with Crippen LogP contribution in [0.4, 0.5) is 0 Å². The Kier molecular flexibility index (Phi) is 5.40. The fourth-order valence-corrected chi connectivity index (χ4v) is 3.84. The lowest BCUT2D eigenvalue weighted by Gasteiger charge is -2.31. The summed E-state index contributed by atoms with van der Waals surface area (Å²) in [5.41, 5.74) is 0. The van der Waals surface area contributed by atoms with E-state index < -0.39 is 10.0 Å². The molecule has 2 aliphatic rings. The molecule has 0 spiro atoms.